The van der Waals surface area contributed by atoms with Crippen LogP contribution in [0.4, 0.5) is 26.6 Å². The number of amides is 2. The van der Waals surface area contributed by atoms with Gasteiger partial charge in [-0.3, -0.25) is 9.59 Å². The number of hydrogen-bond acceptors (Lipinski definition) is 11. The Labute approximate surface area is 224 Å². The molecule has 13 nitrogen and oxygen atoms in total. The first-order valence-corrected chi connectivity index (χ1v) is 12.8. The van der Waals surface area contributed by atoms with E-state index in [4.69, 9.17) is 10.5 Å². The van der Waals surface area contributed by atoms with Crippen molar-refractivity contribution in [3.05, 3.63) is 24.5 Å². The van der Waals surface area contributed by atoms with Crippen LogP contribution in [0.5, 0.6) is 0 Å². The van der Waals surface area contributed by atoms with E-state index in [0.717, 1.165) is 0 Å². The van der Waals surface area contributed by atoms with Gasteiger partial charge in [0.25, 0.3) is 6.43 Å². The monoisotopic (exact) mass is 546 g/mol. The molecule has 2 aliphatic heterocycles. The van der Waals surface area contributed by atoms with E-state index in [1.165, 1.54) is 12.3 Å². The Balaban J connectivity index is 1.46. The third-order valence-corrected chi connectivity index (χ3v) is 6.41. The summed E-state index contributed by atoms with van der Waals surface area (Å²) in [5.41, 5.74) is 4.98. The smallest absolute Gasteiger partial charge is 0.281 e. The van der Waals surface area contributed by atoms with Gasteiger partial charge in [-0.1, -0.05) is 6.58 Å². The molecule has 4 heterocycles. The van der Waals surface area contributed by atoms with Crippen molar-refractivity contribution in [3.8, 4) is 11.4 Å². The normalized spacial score (nSPS) is 15.9. The molecule has 0 spiro atoms. The van der Waals surface area contributed by atoms with Crippen LogP contribution in [0.15, 0.2) is 18.9 Å². The molecule has 2 amide bonds. The van der Waals surface area contributed by atoms with E-state index in [2.05, 4.69) is 36.8 Å². The summed E-state index contributed by atoms with van der Waals surface area (Å²) in [5, 5.41) is 2.69. The summed E-state index contributed by atoms with van der Waals surface area (Å²) in [4.78, 5) is 50.7. The molecule has 2 fully saturated rings. The second kappa shape index (κ2) is 13.2. The van der Waals surface area contributed by atoms with Crippen molar-refractivity contribution < 1.29 is 23.1 Å². The number of alkyl halides is 2. The number of piperazine rings is 1. The number of halogens is 2. The number of unbranched alkanes of at least 4 members (excludes halogenated alkanes) is 1. The van der Waals surface area contributed by atoms with Crippen LogP contribution in [0.3, 0.4) is 0 Å². The number of nitrogens with two attached hydrogens (primary N) is 1. The molecule has 0 radical (unpaired) electrons. The van der Waals surface area contributed by atoms with Crippen molar-refractivity contribution in [1.29, 1.82) is 0 Å². The third kappa shape index (κ3) is 7.31. The van der Waals surface area contributed by atoms with Gasteiger partial charge in [0.15, 0.2) is 5.82 Å². The number of aromatic nitrogens is 5. The van der Waals surface area contributed by atoms with Gasteiger partial charge in [0.2, 0.25) is 29.7 Å². The molecular formula is C24H32F2N10O3. The topological polar surface area (TPSA) is 156 Å². The molecule has 210 valence electrons. The summed E-state index contributed by atoms with van der Waals surface area (Å²) in [7, 11) is 0. The first-order chi connectivity index (χ1) is 18.9. The first-order valence-electron chi connectivity index (χ1n) is 12.8. The summed E-state index contributed by atoms with van der Waals surface area (Å²) in [6, 6.07) is 0. The van der Waals surface area contributed by atoms with Gasteiger partial charge in [-0.2, -0.15) is 15.0 Å². The van der Waals surface area contributed by atoms with Crippen molar-refractivity contribution in [2.75, 3.05) is 74.6 Å². The Kier molecular flexibility index (Phi) is 9.46. The fourth-order valence-corrected chi connectivity index (χ4v) is 4.27. The second-order valence-corrected chi connectivity index (χ2v) is 9.01. The second-order valence-electron chi connectivity index (χ2n) is 9.01. The van der Waals surface area contributed by atoms with E-state index in [9.17, 15) is 18.4 Å². The van der Waals surface area contributed by atoms with Crippen LogP contribution in [0.25, 0.3) is 11.4 Å². The molecule has 0 atom stereocenters. The lowest BCUT2D eigenvalue weighted by Gasteiger charge is -2.35. The Bertz CT molecular complexity index is 1170. The number of hydrogen-bond donors (Lipinski definition) is 2. The van der Waals surface area contributed by atoms with Crippen molar-refractivity contribution in [2.24, 2.45) is 0 Å². The van der Waals surface area contributed by atoms with Crippen LogP contribution in [-0.2, 0) is 14.3 Å². The molecular weight excluding hydrogens is 514 g/mol. The van der Waals surface area contributed by atoms with Gasteiger partial charge in [0, 0.05) is 58.4 Å². The highest BCUT2D eigenvalue weighted by atomic mass is 19.3. The predicted molar refractivity (Wildman–Crippen MR) is 139 cm³/mol. The largest absolute Gasteiger partial charge is 0.378 e. The van der Waals surface area contributed by atoms with E-state index in [1.54, 1.807) is 4.90 Å². The van der Waals surface area contributed by atoms with Gasteiger partial charge in [0.05, 0.1) is 18.8 Å². The molecule has 15 heteroatoms. The number of rotatable bonds is 10. The van der Waals surface area contributed by atoms with Crippen LogP contribution in [0.2, 0.25) is 0 Å². The van der Waals surface area contributed by atoms with Gasteiger partial charge < -0.3 is 30.5 Å². The van der Waals surface area contributed by atoms with Gasteiger partial charge in [-0.05, 0) is 18.9 Å². The van der Waals surface area contributed by atoms with E-state index >= 15 is 0 Å². The molecule has 0 unspecified atom stereocenters. The van der Waals surface area contributed by atoms with E-state index in [0.29, 0.717) is 90.2 Å². The minimum atomic E-state index is -2.90. The number of morpholine rings is 1. The highest BCUT2D eigenvalue weighted by molar-refractivity contribution is 5.86. The quantitative estimate of drug-likeness (QED) is 0.321. The van der Waals surface area contributed by atoms with Crippen LogP contribution in [0.1, 0.15) is 31.4 Å². The summed E-state index contributed by atoms with van der Waals surface area (Å²) in [6.07, 6.45) is 1.25. The molecule has 2 saturated heterocycles. The molecule has 39 heavy (non-hydrogen) atoms. The number of anilines is 3. The molecule has 0 aliphatic carbocycles. The van der Waals surface area contributed by atoms with E-state index < -0.39 is 12.1 Å². The third-order valence-electron chi connectivity index (χ3n) is 6.41. The standard InChI is InChI=1S/C24H32F2N10O3/c1-2-17(37)28-6-4-3-5-18(38)34-7-9-35(10-8-34)23-31-21(16-15-29-22(27)30-19(16)20(25)26)32-24(33-23)36-11-13-39-14-12-36/h2,15,20H,1,3-14H2,(H,28,37)(H2,27,29,30). The zero-order chi connectivity index (χ0) is 27.8. The number of carbonyl (C=O) groups is 2. The van der Waals surface area contributed by atoms with Gasteiger partial charge in [0.1, 0.15) is 5.69 Å². The maximum absolute atomic E-state index is 13.8. The Hall–Kier alpha value is -4.01. The Morgan fingerprint density at radius 1 is 1.03 bits per heavy atom. The molecule has 0 saturated carbocycles. The molecule has 3 N–H and O–H groups in total. The summed E-state index contributed by atoms with van der Waals surface area (Å²) in [5.74, 6) is 0.236. The van der Waals surface area contributed by atoms with Crippen molar-refractivity contribution in [2.45, 2.75) is 25.7 Å². The Morgan fingerprint density at radius 2 is 1.69 bits per heavy atom. The highest BCUT2D eigenvalue weighted by Crippen LogP contribution is 2.30. The van der Waals surface area contributed by atoms with Crippen molar-refractivity contribution in [1.82, 2.24) is 35.1 Å². The zero-order valence-corrected chi connectivity index (χ0v) is 21.6. The molecule has 2 aromatic heterocycles. The van der Waals surface area contributed by atoms with Gasteiger partial charge in [-0.15, -0.1) is 0 Å². The van der Waals surface area contributed by atoms with Crippen LogP contribution < -0.4 is 20.9 Å². The predicted octanol–water partition coefficient (Wildman–Crippen LogP) is 0.806. The minimum absolute atomic E-state index is 0.0181. The number of carbonyl (C=O) groups excluding carboxylic acids is 2. The lowest BCUT2D eigenvalue weighted by Crippen LogP contribution is -2.49. The average molecular weight is 547 g/mol. The lowest BCUT2D eigenvalue weighted by molar-refractivity contribution is -0.131. The van der Waals surface area contributed by atoms with Gasteiger partial charge in [-0.25, -0.2) is 18.7 Å². The molecule has 0 aromatic carbocycles. The molecule has 2 aliphatic rings. The highest BCUT2D eigenvalue weighted by Gasteiger charge is 2.27. The maximum Gasteiger partial charge on any atom is 0.281 e. The molecule has 0 bridgehead atoms. The number of nitrogen functional groups attached to an aromatic ring is 1. The first kappa shape index (κ1) is 28.0. The Morgan fingerprint density at radius 3 is 2.33 bits per heavy atom. The zero-order valence-electron chi connectivity index (χ0n) is 21.6. The molecule has 4 rings (SSSR count). The number of ether oxygens (including phenoxy) is 1. The van der Waals surface area contributed by atoms with Crippen molar-refractivity contribution >= 4 is 29.7 Å². The van der Waals surface area contributed by atoms with Crippen molar-refractivity contribution in [3.63, 3.8) is 0 Å². The van der Waals surface area contributed by atoms with Gasteiger partial charge >= 0.3 is 0 Å². The van der Waals surface area contributed by atoms with E-state index in [1.807, 2.05) is 9.80 Å². The lowest BCUT2D eigenvalue weighted by atomic mass is 10.2. The number of nitrogens with zero attached hydrogens (tertiary/aromatic N) is 8. The average Bonchev–Trinajstić information content (AvgIpc) is 2.97. The SMILES string of the molecule is C=CC(=O)NCCCCC(=O)N1CCN(c2nc(-c3cnc(N)nc3C(F)F)nc(N3CCOCC3)n2)CC1. The van der Waals surface area contributed by atoms with Crippen LogP contribution in [-0.4, -0.2) is 101 Å². The fourth-order valence-electron chi connectivity index (χ4n) is 4.27. The van der Waals surface area contributed by atoms with Crippen LogP contribution >= 0.6 is 0 Å². The molecule has 2 aromatic rings. The minimum Gasteiger partial charge on any atom is -0.378 e. The summed E-state index contributed by atoms with van der Waals surface area (Å²) in [6.45, 7) is 7.83. The van der Waals surface area contributed by atoms with E-state index in [-0.39, 0.29) is 29.2 Å². The number of nitrogens with one attached hydrogen (secondary N) is 1. The van der Waals surface area contributed by atoms with Crippen LogP contribution in [0, 0.1) is 0 Å². The summed E-state index contributed by atoms with van der Waals surface area (Å²) < 4.78 is 33.0. The fraction of sp³-hybridized carbons (Fsp3) is 0.542. The summed E-state index contributed by atoms with van der Waals surface area (Å²) >= 11 is 0. The maximum atomic E-state index is 13.8.